The summed E-state index contributed by atoms with van der Waals surface area (Å²) in [7, 11) is 0. The topological polar surface area (TPSA) is 122 Å². The number of hydrogen-bond donors (Lipinski definition) is 1. The molecule has 1 heterocycles. The van der Waals surface area contributed by atoms with Gasteiger partial charge in [-0.25, -0.2) is 4.79 Å². The zero-order valence-electron chi connectivity index (χ0n) is 12.9. The van der Waals surface area contributed by atoms with Crippen LogP contribution < -0.4 is 5.32 Å². The highest BCUT2D eigenvalue weighted by atomic mass is 16.6. The van der Waals surface area contributed by atoms with Gasteiger partial charge in [0.1, 0.15) is 6.61 Å². The van der Waals surface area contributed by atoms with Gasteiger partial charge < -0.3 is 10.1 Å². The number of carbonyl (C=O) groups excluding carboxylic acids is 2. The Labute approximate surface area is 137 Å². The number of benzene rings is 1. The minimum atomic E-state index is -0.605. The Morgan fingerprint density at radius 2 is 2.12 bits per heavy atom. The molecule has 0 bridgehead atoms. The van der Waals surface area contributed by atoms with Crippen molar-refractivity contribution in [2.24, 2.45) is 0 Å². The fourth-order valence-electron chi connectivity index (χ4n) is 2.55. The van der Waals surface area contributed by atoms with Crippen LogP contribution in [0, 0.1) is 21.4 Å². The van der Waals surface area contributed by atoms with Crippen molar-refractivity contribution in [1.82, 2.24) is 5.32 Å². The molecule has 1 aliphatic rings. The first-order valence-electron chi connectivity index (χ1n) is 7.23. The maximum Gasteiger partial charge on any atom is 0.336 e. The molecule has 0 spiro atoms. The summed E-state index contributed by atoms with van der Waals surface area (Å²) in [5.41, 5.74) is 1.22. The number of esters is 1. The highest BCUT2D eigenvalue weighted by molar-refractivity contribution is 5.95. The molecule has 0 radical (unpaired) electrons. The van der Waals surface area contributed by atoms with Crippen molar-refractivity contribution in [2.45, 2.75) is 25.7 Å². The van der Waals surface area contributed by atoms with Gasteiger partial charge in [0.2, 0.25) is 5.91 Å². The van der Waals surface area contributed by atoms with E-state index in [0.717, 1.165) is 0 Å². The summed E-state index contributed by atoms with van der Waals surface area (Å²) in [4.78, 5) is 34.3. The summed E-state index contributed by atoms with van der Waals surface area (Å²) in [6, 6.07) is 7.59. The van der Waals surface area contributed by atoms with Gasteiger partial charge in [-0.3, -0.25) is 14.9 Å². The highest BCUT2D eigenvalue weighted by Crippen LogP contribution is 2.34. The molecule has 2 rings (SSSR count). The number of ether oxygens (including phenoxy) is 1. The van der Waals surface area contributed by atoms with Crippen LogP contribution in [-0.4, -0.2) is 23.4 Å². The lowest BCUT2D eigenvalue weighted by Gasteiger charge is -2.26. The van der Waals surface area contributed by atoms with Crippen LogP contribution in [0.5, 0.6) is 0 Å². The number of nitrogens with zero attached hydrogens (tertiary/aromatic N) is 2. The maximum atomic E-state index is 12.3. The minimum Gasteiger partial charge on any atom is -0.461 e. The summed E-state index contributed by atoms with van der Waals surface area (Å²) in [5, 5.41) is 21.9. The lowest BCUT2D eigenvalue weighted by Crippen LogP contribution is -2.34. The van der Waals surface area contributed by atoms with Crippen LogP contribution in [0.25, 0.3) is 0 Å². The van der Waals surface area contributed by atoms with Crippen molar-refractivity contribution in [3.8, 4) is 6.07 Å². The summed E-state index contributed by atoms with van der Waals surface area (Å²) in [6.45, 7) is 1.56. The number of hydrogen-bond acceptors (Lipinski definition) is 6. The van der Waals surface area contributed by atoms with Crippen LogP contribution in [0.2, 0.25) is 0 Å². The van der Waals surface area contributed by atoms with Gasteiger partial charge in [0.15, 0.2) is 0 Å². The van der Waals surface area contributed by atoms with E-state index < -0.39 is 16.8 Å². The fourth-order valence-corrected chi connectivity index (χ4v) is 2.55. The zero-order chi connectivity index (χ0) is 17.7. The van der Waals surface area contributed by atoms with Crippen LogP contribution in [0.15, 0.2) is 35.5 Å². The van der Waals surface area contributed by atoms with Gasteiger partial charge in [0, 0.05) is 30.2 Å². The van der Waals surface area contributed by atoms with E-state index >= 15 is 0 Å². The van der Waals surface area contributed by atoms with E-state index in [1.165, 1.54) is 24.3 Å². The summed E-state index contributed by atoms with van der Waals surface area (Å²) in [5.74, 6) is -1.40. The monoisotopic (exact) mass is 329 g/mol. The van der Waals surface area contributed by atoms with E-state index in [-0.39, 0.29) is 31.0 Å². The summed E-state index contributed by atoms with van der Waals surface area (Å²) in [6.07, 6.45) is 0.116. The second kappa shape index (κ2) is 7.37. The molecule has 0 aromatic heterocycles. The third kappa shape index (κ3) is 3.76. The average molecular weight is 329 g/mol. The quantitative estimate of drug-likeness (QED) is 0.381. The van der Waals surface area contributed by atoms with E-state index in [1.807, 2.05) is 6.07 Å². The Morgan fingerprint density at radius 1 is 1.46 bits per heavy atom. The molecular weight excluding hydrogens is 314 g/mol. The number of carbonyl (C=O) groups is 2. The number of non-ortho nitro benzene ring substituents is 1. The molecule has 1 aromatic carbocycles. The van der Waals surface area contributed by atoms with E-state index in [9.17, 15) is 19.7 Å². The molecule has 0 unspecified atom stereocenters. The Kier molecular flexibility index (Phi) is 5.27. The Hall–Kier alpha value is -3.21. The van der Waals surface area contributed by atoms with Crippen molar-refractivity contribution in [1.29, 1.82) is 5.26 Å². The van der Waals surface area contributed by atoms with E-state index in [2.05, 4.69) is 5.32 Å². The Bertz CT molecular complexity index is 746. The Balaban J connectivity index is 2.32. The second-order valence-corrected chi connectivity index (χ2v) is 5.24. The van der Waals surface area contributed by atoms with Crippen LogP contribution in [0.1, 0.15) is 31.2 Å². The number of nitriles is 1. The van der Waals surface area contributed by atoms with Gasteiger partial charge in [-0.2, -0.15) is 5.26 Å². The standard InChI is InChI=1S/C16H15N3O5/c1-10-15(16(21)24-8-2-7-17)13(9-14(20)18-10)11-3-5-12(6-4-11)19(22)23/h3-6,13H,2,8-9H2,1H3,(H,18,20)/t13-/m1/s1. The number of amides is 1. The molecule has 8 nitrogen and oxygen atoms in total. The molecule has 1 N–H and O–H groups in total. The molecule has 124 valence electrons. The fraction of sp³-hybridized carbons (Fsp3) is 0.312. The third-order valence-corrected chi connectivity index (χ3v) is 3.64. The molecular formula is C16H15N3O5. The van der Waals surface area contributed by atoms with Crippen LogP contribution in [0.4, 0.5) is 5.69 Å². The van der Waals surface area contributed by atoms with Gasteiger partial charge in [0.25, 0.3) is 5.69 Å². The largest absolute Gasteiger partial charge is 0.461 e. The first-order valence-corrected chi connectivity index (χ1v) is 7.23. The number of nitro benzene ring substituents is 1. The SMILES string of the molecule is CC1=C(C(=O)OCCC#N)[C@@H](c2ccc([N+](=O)[O-])cc2)CC(=O)N1. The van der Waals surface area contributed by atoms with Gasteiger partial charge >= 0.3 is 5.97 Å². The van der Waals surface area contributed by atoms with Gasteiger partial charge in [-0.1, -0.05) is 12.1 Å². The van der Waals surface area contributed by atoms with Gasteiger partial charge in [0.05, 0.1) is 23.0 Å². The first-order chi connectivity index (χ1) is 11.4. The molecule has 1 amide bonds. The lowest BCUT2D eigenvalue weighted by atomic mass is 9.84. The first kappa shape index (κ1) is 17.1. The molecule has 0 aliphatic carbocycles. The van der Waals surface area contributed by atoms with Crippen molar-refractivity contribution in [3.05, 3.63) is 51.2 Å². The predicted molar refractivity (Wildman–Crippen MR) is 82.5 cm³/mol. The van der Waals surface area contributed by atoms with Crippen molar-refractivity contribution < 1.29 is 19.2 Å². The number of nitro groups is 1. The molecule has 1 aromatic rings. The van der Waals surface area contributed by atoms with Crippen molar-refractivity contribution in [3.63, 3.8) is 0 Å². The molecule has 0 saturated carbocycles. The lowest BCUT2D eigenvalue weighted by molar-refractivity contribution is -0.384. The summed E-state index contributed by atoms with van der Waals surface area (Å²) >= 11 is 0. The summed E-state index contributed by atoms with van der Waals surface area (Å²) < 4.78 is 5.06. The molecule has 1 aliphatic heterocycles. The average Bonchev–Trinajstić information content (AvgIpc) is 2.54. The molecule has 0 fully saturated rings. The number of allylic oxidation sites excluding steroid dienone is 1. The molecule has 0 saturated heterocycles. The van der Waals surface area contributed by atoms with E-state index in [1.54, 1.807) is 6.92 Å². The molecule has 8 heteroatoms. The predicted octanol–water partition coefficient (Wildman–Crippen LogP) is 1.93. The Morgan fingerprint density at radius 3 is 2.71 bits per heavy atom. The van der Waals surface area contributed by atoms with Gasteiger partial charge in [-0.15, -0.1) is 0 Å². The molecule has 1 atom stereocenters. The zero-order valence-corrected chi connectivity index (χ0v) is 12.9. The van der Waals surface area contributed by atoms with Crippen LogP contribution in [0.3, 0.4) is 0 Å². The highest BCUT2D eigenvalue weighted by Gasteiger charge is 2.32. The number of rotatable bonds is 5. The van der Waals surface area contributed by atoms with Gasteiger partial charge in [-0.05, 0) is 12.5 Å². The second-order valence-electron chi connectivity index (χ2n) is 5.24. The van der Waals surface area contributed by atoms with Crippen LogP contribution in [-0.2, 0) is 14.3 Å². The maximum absolute atomic E-state index is 12.3. The van der Waals surface area contributed by atoms with Crippen LogP contribution >= 0.6 is 0 Å². The van der Waals surface area contributed by atoms with E-state index in [0.29, 0.717) is 16.8 Å². The number of nitrogens with one attached hydrogen (secondary N) is 1. The van der Waals surface area contributed by atoms with E-state index in [4.69, 9.17) is 10.00 Å². The minimum absolute atomic E-state index is 0.0347. The normalized spacial score (nSPS) is 17.0. The smallest absolute Gasteiger partial charge is 0.336 e. The third-order valence-electron chi connectivity index (χ3n) is 3.64. The van der Waals surface area contributed by atoms with Crippen molar-refractivity contribution >= 4 is 17.6 Å². The van der Waals surface area contributed by atoms with Crippen molar-refractivity contribution in [2.75, 3.05) is 6.61 Å². The molecule has 24 heavy (non-hydrogen) atoms.